The van der Waals surface area contributed by atoms with Crippen molar-refractivity contribution >= 4 is 11.6 Å². The molecule has 0 spiro atoms. The average molecular weight is 218 g/mol. The van der Waals surface area contributed by atoms with E-state index in [-0.39, 0.29) is 0 Å². The van der Waals surface area contributed by atoms with Crippen molar-refractivity contribution in [3.05, 3.63) is 11.9 Å². The van der Waals surface area contributed by atoms with E-state index in [0.29, 0.717) is 5.92 Å². The van der Waals surface area contributed by atoms with E-state index in [0.717, 1.165) is 29.9 Å². The molecule has 0 unspecified atom stereocenters. The number of nitrogens with zero attached hydrogens (tertiary/aromatic N) is 2. The summed E-state index contributed by atoms with van der Waals surface area (Å²) in [5.41, 5.74) is 0. The Balaban J connectivity index is 1.75. The molecule has 0 aliphatic heterocycles. The number of hydrogen-bond donors (Lipinski definition) is 2. The van der Waals surface area contributed by atoms with Crippen LogP contribution >= 0.6 is 0 Å². The van der Waals surface area contributed by atoms with Crippen LogP contribution < -0.4 is 10.6 Å². The molecule has 2 aliphatic rings. The molecule has 0 atom stereocenters. The van der Waals surface area contributed by atoms with Crippen molar-refractivity contribution in [2.75, 3.05) is 24.2 Å². The molecular formula is C12H18N4. The van der Waals surface area contributed by atoms with Gasteiger partial charge in [-0.15, -0.1) is 0 Å². The van der Waals surface area contributed by atoms with Crippen molar-refractivity contribution in [3.8, 4) is 0 Å². The minimum Gasteiger partial charge on any atom is -0.373 e. The van der Waals surface area contributed by atoms with Crippen LogP contribution in [0.1, 0.15) is 37.4 Å². The fourth-order valence-electron chi connectivity index (χ4n) is 1.78. The van der Waals surface area contributed by atoms with Crippen molar-refractivity contribution in [2.45, 2.75) is 31.6 Å². The smallest absolute Gasteiger partial charge is 0.136 e. The van der Waals surface area contributed by atoms with E-state index in [1.807, 2.05) is 13.1 Å². The summed E-state index contributed by atoms with van der Waals surface area (Å²) in [7, 11) is 1.91. The van der Waals surface area contributed by atoms with Crippen molar-refractivity contribution in [2.24, 2.45) is 5.92 Å². The van der Waals surface area contributed by atoms with Crippen molar-refractivity contribution in [3.63, 3.8) is 0 Å². The highest BCUT2D eigenvalue weighted by atomic mass is 15.1. The van der Waals surface area contributed by atoms with Gasteiger partial charge in [0.2, 0.25) is 0 Å². The van der Waals surface area contributed by atoms with E-state index in [1.54, 1.807) is 0 Å². The minimum absolute atomic E-state index is 0.606. The van der Waals surface area contributed by atoms with E-state index in [2.05, 4.69) is 20.6 Å². The zero-order valence-electron chi connectivity index (χ0n) is 9.66. The molecule has 1 heterocycles. The fraction of sp³-hybridized carbons (Fsp3) is 0.667. The van der Waals surface area contributed by atoms with Gasteiger partial charge < -0.3 is 10.6 Å². The number of hydrogen-bond acceptors (Lipinski definition) is 4. The molecule has 86 valence electrons. The molecule has 0 aromatic carbocycles. The second kappa shape index (κ2) is 3.92. The van der Waals surface area contributed by atoms with E-state index in [1.165, 1.54) is 25.7 Å². The molecule has 1 aromatic rings. The van der Waals surface area contributed by atoms with Crippen molar-refractivity contribution < 1.29 is 0 Å². The van der Waals surface area contributed by atoms with Gasteiger partial charge in [-0.2, -0.15) is 0 Å². The molecular weight excluding hydrogens is 200 g/mol. The lowest BCUT2D eigenvalue weighted by Gasteiger charge is -2.08. The van der Waals surface area contributed by atoms with Gasteiger partial charge in [-0.25, -0.2) is 9.97 Å². The highest BCUT2D eigenvalue weighted by Crippen LogP contribution is 2.39. The lowest BCUT2D eigenvalue weighted by molar-refractivity contribution is 0.867. The van der Waals surface area contributed by atoms with Gasteiger partial charge in [0, 0.05) is 25.6 Å². The largest absolute Gasteiger partial charge is 0.373 e. The maximum absolute atomic E-state index is 4.58. The third kappa shape index (κ3) is 2.26. The van der Waals surface area contributed by atoms with E-state index >= 15 is 0 Å². The predicted octanol–water partition coefficient (Wildman–Crippen LogP) is 2.22. The molecule has 2 saturated carbocycles. The van der Waals surface area contributed by atoms with Gasteiger partial charge >= 0.3 is 0 Å². The van der Waals surface area contributed by atoms with Crippen LogP contribution in [0, 0.1) is 5.92 Å². The maximum Gasteiger partial charge on any atom is 0.136 e. The number of anilines is 2. The first-order chi connectivity index (χ1) is 7.85. The van der Waals surface area contributed by atoms with Crippen LogP contribution in [-0.4, -0.2) is 23.6 Å². The van der Waals surface area contributed by atoms with Gasteiger partial charge in [0.25, 0.3) is 0 Å². The zero-order valence-corrected chi connectivity index (χ0v) is 9.66. The van der Waals surface area contributed by atoms with Crippen LogP contribution in [0.2, 0.25) is 0 Å². The first-order valence-corrected chi connectivity index (χ1v) is 6.16. The Labute approximate surface area is 95.9 Å². The van der Waals surface area contributed by atoms with Gasteiger partial charge in [-0.1, -0.05) is 0 Å². The van der Waals surface area contributed by atoms with Crippen LogP contribution in [0.25, 0.3) is 0 Å². The zero-order chi connectivity index (χ0) is 11.0. The van der Waals surface area contributed by atoms with Gasteiger partial charge in [-0.05, 0) is 31.6 Å². The van der Waals surface area contributed by atoms with Gasteiger partial charge in [-0.3, -0.25) is 0 Å². The van der Waals surface area contributed by atoms with E-state index < -0.39 is 0 Å². The molecule has 4 heteroatoms. The molecule has 4 nitrogen and oxygen atoms in total. The van der Waals surface area contributed by atoms with Crippen LogP contribution in [0.5, 0.6) is 0 Å². The summed E-state index contributed by atoms with van der Waals surface area (Å²) in [5.74, 6) is 4.39. The topological polar surface area (TPSA) is 49.8 Å². The Bertz CT molecular complexity index is 383. The first-order valence-electron chi connectivity index (χ1n) is 6.16. The van der Waals surface area contributed by atoms with Crippen LogP contribution in [0.4, 0.5) is 11.6 Å². The number of rotatable bonds is 5. The predicted molar refractivity (Wildman–Crippen MR) is 64.8 cm³/mol. The summed E-state index contributed by atoms with van der Waals surface area (Å²) in [4.78, 5) is 9.08. The summed E-state index contributed by atoms with van der Waals surface area (Å²) in [6.07, 6.45) is 5.23. The maximum atomic E-state index is 4.58. The molecule has 0 saturated heterocycles. The second-order valence-corrected chi connectivity index (χ2v) is 4.85. The molecule has 0 amide bonds. The van der Waals surface area contributed by atoms with E-state index in [9.17, 15) is 0 Å². The summed E-state index contributed by atoms with van der Waals surface area (Å²) < 4.78 is 0. The molecule has 2 aliphatic carbocycles. The third-order valence-corrected chi connectivity index (χ3v) is 3.21. The minimum atomic E-state index is 0.606. The highest BCUT2D eigenvalue weighted by molar-refractivity contribution is 5.47. The standard InChI is InChI=1S/C12H18N4/c1-13-10-6-11(14-7-8-2-3-8)16-12(15-10)9-4-5-9/h6,8-9H,2-5,7H2,1H3,(H2,13,14,15,16). The normalized spacial score (nSPS) is 19.6. The third-order valence-electron chi connectivity index (χ3n) is 3.21. The van der Waals surface area contributed by atoms with Gasteiger partial charge in [0.1, 0.15) is 17.5 Å². The van der Waals surface area contributed by atoms with Crippen molar-refractivity contribution in [1.82, 2.24) is 9.97 Å². The number of nitrogens with one attached hydrogen (secondary N) is 2. The molecule has 0 bridgehead atoms. The SMILES string of the molecule is CNc1cc(NCC2CC2)nc(C2CC2)n1. The molecule has 1 aromatic heterocycles. The monoisotopic (exact) mass is 218 g/mol. The number of aromatic nitrogens is 2. The van der Waals surface area contributed by atoms with Crippen molar-refractivity contribution in [1.29, 1.82) is 0 Å². The van der Waals surface area contributed by atoms with Gasteiger partial charge in [0.15, 0.2) is 0 Å². The Kier molecular flexibility index (Phi) is 2.42. The summed E-state index contributed by atoms with van der Waals surface area (Å²) in [6.45, 7) is 1.06. The molecule has 2 fully saturated rings. The Morgan fingerprint density at radius 3 is 2.56 bits per heavy atom. The summed E-state index contributed by atoms with van der Waals surface area (Å²) >= 11 is 0. The highest BCUT2D eigenvalue weighted by Gasteiger charge is 2.27. The quantitative estimate of drug-likeness (QED) is 0.795. The molecule has 0 radical (unpaired) electrons. The Morgan fingerprint density at radius 1 is 1.19 bits per heavy atom. The fourth-order valence-corrected chi connectivity index (χ4v) is 1.78. The lowest BCUT2D eigenvalue weighted by atomic mass is 10.3. The molecule has 16 heavy (non-hydrogen) atoms. The summed E-state index contributed by atoms with van der Waals surface area (Å²) in [5, 5.41) is 6.52. The molecule has 2 N–H and O–H groups in total. The van der Waals surface area contributed by atoms with E-state index in [4.69, 9.17) is 0 Å². The average Bonchev–Trinajstić information content (AvgIpc) is 3.19. The lowest BCUT2D eigenvalue weighted by Crippen LogP contribution is -2.08. The van der Waals surface area contributed by atoms with Crippen LogP contribution in [0.3, 0.4) is 0 Å². The molecule has 3 rings (SSSR count). The summed E-state index contributed by atoms with van der Waals surface area (Å²) in [6, 6.07) is 1.99. The Hall–Kier alpha value is -1.32. The van der Waals surface area contributed by atoms with Crippen LogP contribution in [0.15, 0.2) is 6.07 Å². The Morgan fingerprint density at radius 2 is 1.94 bits per heavy atom. The first kappa shape index (κ1) is 9.87. The second-order valence-electron chi connectivity index (χ2n) is 4.85. The van der Waals surface area contributed by atoms with Crippen LogP contribution in [-0.2, 0) is 0 Å². The van der Waals surface area contributed by atoms with Gasteiger partial charge in [0.05, 0.1) is 0 Å².